The Labute approximate surface area is 308 Å². The van der Waals surface area contributed by atoms with Gasteiger partial charge in [-0.05, 0) is 100 Å². The zero-order valence-electron chi connectivity index (χ0n) is 31.7. The number of hydrogen-bond acceptors (Lipinski definition) is 8. The Bertz CT molecular complexity index is 1330. The van der Waals surface area contributed by atoms with Gasteiger partial charge in [0.15, 0.2) is 0 Å². The van der Waals surface area contributed by atoms with Crippen molar-refractivity contribution in [1.29, 1.82) is 0 Å². The van der Waals surface area contributed by atoms with Crippen molar-refractivity contribution in [2.75, 3.05) is 6.54 Å². The quantitative estimate of drug-likeness (QED) is 0.177. The van der Waals surface area contributed by atoms with Crippen molar-refractivity contribution in [2.24, 2.45) is 34.3 Å². The number of halogens is 1. The first-order valence-corrected chi connectivity index (χ1v) is 19.4. The van der Waals surface area contributed by atoms with Crippen molar-refractivity contribution in [3.8, 4) is 0 Å². The number of likely N-dealkylation sites (tertiary alicyclic amines) is 1. The van der Waals surface area contributed by atoms with Gasteiger partial charge in [-0.25, -0.2) is 9.59 Å². The Morgan fingerprint density at radius 2 is 1.35 bits per heavy atom. The van der Waals surface area contributed by atoms with E-state index in [-0.39, 0.29) is 34.7 Å². The van der Waals surface area contributed by atoms with Crippen LogP contribution in [0.2, 0.25) is 0 Å². The molecule has 0 spiro atoms. The highest BCUT2D eigenvalue weighted by Crippen LogP contribution is 2.65. The summed E-state index contributed by atoms with van der Waals surface area (Å²) < 4.78 is 10.8. The van der Waals surface area contributed by atoms with E-state index in [1.54, 1.807) is 4.90 Å². The van der Waals surface area contributed by atoms with Crippen LogP contribution in [0.5, 0.6) is 0 Å². The van der Waals surface area contributed by atoms with Gasteiger partial charge >= 0.3 is 11.5 Å². The number of nitrogens with two attached hydrogens (primary N) is 1. The van der Waals surface area contributed by atoms with Gasteiger partial charge in [0.2, 0.25) is 17.6 Å². The first-order chi connectivity index (χ1) is 23.7. The van der Waals surface area contributed by atoms with Crippen molar-refractivity contribution in [1.82, 2.24) is 15.5 Å². The van der Waals surface area contributed by atoms with Gasteiger partial charge in [0.1, 0.15) is 23.3 Å². The van der Waals surface area contributed by atoms with Crippen molar-refractivity contribution < 1.29 is 38.2 Å². The maximum Gasteiger partial charge on any atom is 0.408 e. The number of nitrogens with one attached hydrogen (secondary N) is 2. The molecule has 4 aliphatic carbocycles. The number of hydrogen-bond donors (Lipinski definition) is 3. The van der Waals surface area contributed by atoms with Crippen molar-refractivity contribution in [3.05, 3.63) is 0 Å². The molecule has 5 atom stereocenters. The zero-order valence-corrected chi connectivity index (χ0v) is 32.5. The van der Waals surface area contributed by atoms with Crippen LogP contribution < -0.4 is 16.4 Å². The molecule has 51 heavy (non-hydrogen) atoms. The molecule has 1 heterocycles. The van der Waals surface area contributed by atoms with Crippen LogP contribution >= 0.6 is 11.6 Å². The molecule has 13 heteroatoms. The maximum atomic E-state index is 14.1. The third-order valence-corrected chi connectivity index (χ3v) is 12.4. The summed E-state index contributed by atoms with van der Waals surface area (Å²) in [5.74, 6) is -2.39. The average molecular weight is 737 g/mol. The number of carbonyl (C=O) groups excluding carboxylic acids is 6. The largest absolute Gasteiger partial charge is 0.447 e. The van der Waals surface area contributed by atoms with Crippen LogP contribution in [0, 0.1) is 28.6 Å². The summed E-state index contributed by atoms with van der Waals surface area (Å²) in [4.78, 5) is 77.3. The number of nitrogens with zero attached hydrogens (tertiary/aromatic N) is 1. The molecule has 12 nitrogen and oxygen atoms in total. The number of amides is 4. The molecular formula is C38H61ClN4O8. The maximum absolute atomic E-state index is 14.1. The van der Waals surface area contributed by atoms with E-state index in [2.05, 4.69) is 24.5 Å². The SMILES string of the molecule is CC1(OC(=O)Cl)CCCCC1.CC1(OC(=O)N[C@H](C(=O)N2C[C@H]3[C@@H]([C@H]2C(=O)NC(CC2CCC2)C(=O)C(N)=O)C3(C)C)C(C)(C)C)CCCCC1. The summed E-state index contributed by atoms with van der Waals surface area (Å²) in [5.41, 5.74) is 3.00. The minimum absolute atomic E-state index is 0.0850. The fourth-order valence-corrected chi connectivity index (χ4v) is 8.90. The molecule has 288 valence electrons. The summed E-state index contributed by atoms with van der Waals surface area (Å²) in [6, 6.07) is -2.73. The van der Waals surface area contributed by atoms with Crippen molar-refractivity contribution in [3.63, 3.8) is 0 Å². The normalized spacial score (nSPS) is 27.1. The molecule has 0 aromatic carbocycles. The second kappa shape index (κ2) is 16.0. The van der Waals surface area contributed by atoms with Gasteiger partial charge in [-0.2, -0.15) is 0 Å². The van der Waals surface area contributed by atoms with Crippen LogP contribution in [0.4, 0.5) is 9.59 Å². The molecule has 1 saturated heterocycles. The van der Waals surface area contributed by atoms with E-state index in [9.17, 15) is 28.8 Å². The smallest absolute Gasteiger partial charge is 0.408 e. The van der Waals surface area contributed by atoms with Crippen LogP contribution in [0.25, 0.3) is 0 Å². The summed E-state index contributed by atoms with van der Waals surface area (Å²) in [5, 5.41) is 5.63. The van der Waals surface area contributed by atoms with E-state index in [1.807, 2.05) is 34.6 Å². The molecule has 1 aliphatic heterocycles. The third-order valence-electron chi connectivity index (χ3n) is 12.3. The molecule has 0 radical (unpaired) electrons. The Kier molecular flexibility index (Phi) is 12.8. The van der Waals surface area contributed by atoms with E-state index in [4.69, 9.17) is 26.8 Å². The van der Waals surface area contributed by atoms with E-state index in [0.29, 0.717) is 13.0 Å². The number of rotatable bonds is 10. The first kappa shape index (κ1) is 40.9. The minimum atomic E-state index is -1.07. The Morgan fingerprint density at radius 1 is 0.824 bits per heavy atom. The van der Waals surface area contributed by atoms with Crippen LogP contribution in [0.1, 0.15) is 138 Å². The number of alkyl carbamates (subject to hydrolysis) is 1. The standard InChI is InChI=1S/C30H48N4O6.C8H13ClO2/c1-28(2,3)23(33-27(39)40-30(6)13-8-7-9-14-30)26(38)34-16-18-20(29(18,4)5)21(34)25(37)32-19(22(35)24(31)36)15-17-11-10-12-17;1-8(11-7(9)10)5-3-2-4-6-8/h17-21,23H,7-16H2,1-6H3,(H2,31,36)(H,32,37)(H,33,39);2-6H2,1H3/t18-,19?,20-,21-,23+;/m0./s1. The molecule has 0 aromatic rings. The lowest BCUT2D eigenvalue weighted by Crippen LogP contribution is -2.61. The molecular weight excluding hydrogens is 676 g/mol. The van der Waals surface area contributed by atoms with E-state index < -0.39 is 58.3 Å². The summed E-state index contributed by atoms with van der Waals surface area (Å²) in [7, 11) is 0. The predicted molar refractivity (Wildman–Crippen MR) is 193 cm³/mol. The molecule has 4 amide bonds. The van der Waals surface area contributed by atoms with Gasteiger partial charge in [-0.15, -0.1) is 0 Å². The Morgan fingerprint density at radius 3 is 1.80 bits per heavy atom. The summed E-state index contributed by atoms with van der Waals surface area (Å²) in [6.45, 7) is 14.0. The average Bonchev–Trinajstić information content (AvgIpc) is 3.30. The lowest BCUT2D eigenvalue weighted by molar-refractivity contribution is -0.145. The van der Waals surface area contributed by atoms with E-state index in [1.165, 1.54) is 6.42 Å². The van der Waals surface area contributed by atoms with Gasteiger partial charge in [0.25, 0.3) is 5.91 Å². The third kappa shape index (κ3) is 10.2. The number of carbonyl (C=O) groups is 6. The van der Waals surface area contributed by atoms with Gasteiger partial charge in [-0.1, -0.05) is 66.7 Å². The molecule has 0 aromatic heterocycles. The summed E-state index contributed by atoms with van der Waals surface area (Å²) in [6.07, 6.45) is 12.8. The zero-order chi connectivity index (χ0) is 37.9. The monoisotopic (exact) mass is 736 g/mol. The van der Waals surface area contributed by atoms with Gasteiger partial charge in [-0.3, -0.25) is 19.2 Å². The molecule has 5 aliphatic rings. The fourth-order valence-electron chi connectivity index (χ4n) is 8.72. The number of fused-ring (bicyclic) bond motifs is 1. The highest BCUT2D eigenvalue weighted by molar-refractivity contribution is 6.61. The fraction of sp³-hybridized carbons (Fsp3) is 0.842. The number of primary amides is 1. The van der Waals surface area contributed by atoms with E-state index in [0.717, 1.165) is 77.0 Å². The summed E-state index contributed by atoms with van der Waals surface area (Å²) >= 11 is 5.14. The lowest BCUT2D eigenvalue weighted by atomic mass is 9.80. The van der Waals surface area contributed by atoms with Gasteiger partial charge in [0.05, 0.1) is 6.04 Å². The van der Waals surface area contributed by atoms with Gasteiger partial charge in [0, 0.05) is 18.1 Å². The molecule has 4 saturated carbocycles. The van der Waals surface area contributed by atoms with Crippen LogP contribution in [-0.2, 0) is 28.7 Å². The number of ketones is 1. The number of piperidine rings is 1. The Hall–Kier alpha value is -2.89. The van der Waals surface area contributed by atoms with Crippen molar-refractivity contribution in [2.45, 2.75) is 168 Å². The van der Waals surface area contributed by atoms with Crippen molar-refractivity contribution >= 4 is 46.6 Å². The van der Waals surface area contributed by atoms with Crippen LogP contribution in [-0.4, -0.2) is 75.8 Å². The molecule has 4 N–H and O–H groups in total. The number of ether oxygens (including phenoxy) is 2. The molecule has 0 bridgehead atoms. The predicted octanol–water partition coefficient (Wildman–Crippen LogP) is 6.15. The van der Waals surface area contributed by atoms with E-state index >= 15 is 0 Å². The lowest BCUT2D eigenvalue weighted by Gasteiger charge is -2.39. The molecule has 5 rings (SSSR count). The van der Waals surface area contributed by atoms with Gasteiger partial charge < -0.3 is 30.7 Å². The van der Waals surface area contributed by atoms with Crippen LogP contribution in [0.3, 0.4) is 0 Å². The molecule has 5 fully saturated rings. The van der Waals surface area contributed by atoms with Crippen LogP contribution in [0.15, 0.2) is 0 Å². The highest BCUT2D eigenvalue weighted by Gasteiger charge is 2.70. The minimum Gasteiger partial charge on any atom is -0.447 e. The number of Topliss-reactive ketones (excluding diaryl/α,β-unsaturated/α-hetero) is 1. The first-order valence-electron chi connectivity index (χ1n) is 19.0. The topological polar surface area (TPSA) is 174 Å². The molecule has 1 unspecified atom stereocenters. The second-order valence-corrected chi connectivity index (χ2v) is 18.2. The Balaban J connectivity index is 0.000000452. The second-order valence-electron chi connectivity index (χ2n) is 17.9. The highest BCUT2D eigenvalue weighted by atomic mass is 35.5.